The number of aliphatic carboxylic acids is 1. The highest BCUT2D eigenvalue weighted by Gasteiger charge is 2.27. The number of carbonyl (C=O) groups excluding carboxylic acids is 1. The molecule has 1 heterocycles. The van der Waals surface area contributed by atoms with Gasteiger partial charge in [-0.05, 0) is 47.0 Å². The molecular weight excluding hydrogens is 374 g/mol. The average molecular weight is 391 g/mol. The molecule has 0 radical (unpaired) electrons. The standard InChI is InChI=1S/C15H17BrClNO4/c16-12-8-11(17)3-4-13(12)22-7-5-14(19)18-6-1-2-10(9-18)15(20)21/h3-4,8,10H,1-2,5-7,9H2,(H,20,21). The number of halogens is 2. The summed E-state index contributed by atoms with van der Waals surface area (Å²) >= 11 is 9.19. The van der Waals surface area contributed by atoms with Crippen LogP contribution in [0.15, 0.2) is 22.7 Å². The number of nitrogens with zero attached hydrogens (tertiary/aromatic N) is 1. The van der Waals surface area contributed by atoms with Crippen molar-refractivity contribution >= 4 is 39.4 Å². The zero-order valence-corrected chi connectivity index (χ0v) is 14.3. The van der Waals surface area contributed by atoms with Gasteiger partial charge in [0.1, 0.15) is 5.75 Å². The van der Waals surface area contributed by atoms with E-state index in [2.05, 4.69) is 15.9 Å². The molecule has 1 saturated heterocycles. The van der Waals surface area contributed by atoms with Gasteiger partial charge in [0.25, 0.3) is 0 Å². The van der Waals surface area contributed by atoms with Gasteiger partial charge in [-0.3, -0.25) is 9.59 Å². The number of amides is 1. The van der Waals surface area contributed by atoms with Gasteiger partial charge in [-0.1, -0.05) is 11.6 Å². The van der Waals surface area contributed by atoms with Gasteiger partial charge >= 0.3 is 5.97 Å². The fourth-order valence-electron chi connectivity index (χ4n) is 2.40. The Bertz CT molecular complexity index is 566. The molecule has 0 bridgehead atoms. The van der Waals surface area contributed by atoms with Crippen LogP contribution in [0, 0.1) is 5.92 Å². The van der Waals surface area contributed by atoms with E-state index in [0.29, 0.717) is 30.3 Å². The Kier molecular flexibility index (Phi) is 6.08. The molecule has 22 heavy (non-hydrogen) atoms. The number of carboxylic acids is 1. The van der Waals surface area contributed by atoms with Crippen LogP contribution in [0.4, 0.5) is 0 Å². The van der Waals surface area contributed by atoms with Gasteiger partial charge in [0, 0.05) is 18.1 Å². The van der Waals surface area contributed by atoms with Gasteiger partial charge in [-0.2, -0.15) is 0 Å². The van der Waals surface area contributed by atoms with Crippen LogP contribution in [0.3, 0.4) is 0 Å². The Morgan fingerprint density at radius 3 is 2.91 bits per heavy atom. The third-order valence-corrected chi connectivity index (χ3v) is 4.45. The lowest BCUT2D eigenvalue weighted by molar-refractivity contribution is -0.145. The normalized spacial score (nSPS) is 18.1. The van der Waals surface area contributed by atoms with Crippen molar-refractivity contribution in [2.45, 2.75) is 19.3 Å². The first-order chi connectivity index (χ1) is 10.5. The summed E-state index contributed by atoms with van der Waals surface area (Å²) in [4.78, 5) is 24.7. The highest BCUT2D eigenvalue weighted by Crippen LogP contribution is 2.28. The first-order valence-electron chi connectivity index (χ1n) is 7.06. The van der Waals surface area contributed by atoms with Gasteiger partial charge < -0.3 is 14.7 Å². The van der Waals surface area contributed by atoms with Crippen LogP contribution >= 0.6 is 27.5 Å². The molecule has 1 aliphatic heterocycles. The Morgan fingerprint density at radius 1 is 1.45 bits per heavy atom. The molecule has 2 rings (SSSR count). The zero-order valence-electron chi connectivity index (χ0n) is 11.9. The van der Waals surface area contributed by atoms with Crippen LogP contribution in [0.25, 0.3) is 0 Å². The van der Waals surface area contributed by atoms with Gasteiger partial charge in [0.05, 0.1) is 23.4 Å². The molecular formula is C15H17BrClNO4. The van der Waals surface area contributed by atoms with E-state index in [-0.39, 0.29) is 18.9 Å². The van der Waals surface area contributed by atoms with Crippen molar-refractivity contribution in [3.05, 3.63) is 27.7 Å². The minimum Gasteiger partial charge on any atom is -0.492 e. The summed E-state index contributed by atoms with van der Waals surface area (Å²) < 4.78 is 6.29. The molecule has 1 aromatic carbocycles. The highest BCUT2D eigenvalue weighted by molar-refractivity contribution is 9.10. The number of likely N-dealkylation sites (tertiary alicyclic amines) is 1. The quantitative estimate of drug-likeness (QED) is 0.838. The maximum Gasteiger partial charge on any atom is 0.308 e. The molecule has 5 nitrogen and oxygen atoms in total. The van der Waals surface area contributed by atoms with E-state index in [1.54, 1.807) is 23.1 Å². The van der Waals surface area contributed by atoms with Gasteiger partial charge in [-0.25, -0.2) is 0 Å². The fraction of sp³-hybridized carbons (Fsp3) is 0.467. The predicted octanol–water partition coefficient (Wildman–Crippen LogP) is 3.19. The first-order valence-corrected chi connectivity index (χ1v) is 8.23. The Hall–Kier alpha value is -1.27. The molecule has 1 unspecified atom stereocenters. The summed E-state index contributed by atoms with van der Waals surface area (Å²) in [6, 6.07) is 5.17. The van der Waals surface area contributed by atoms with Crippen LogP contribution in [0.5, 0.6) is 5.75 Å². The lowest BCUT2D eigenvalue weighted by Gasteiger charge is -2.30. The van der Waals surface area contributed by atoms with Crippen LogP contribution in [0.1, 0.15) is 19.3 Å². The summed E-state index contributed by atoms with van der Waals surface area (Å²) in [7, 11) is 0. The lowest BCUT2D eigenvalue weighted by atomic mass is 9.98. The molecule has 1 aromatic rings. The number of hydrogen-bond acceptors (Lipinski definition) is 3. The van der Waals surface area contributed by atoms with E-state index in [1.807, 2.05) is 0 Å². The van der Waals surface area contributed by atoms with Crippen molar-refractivity contribution in [1.29, 1.82) is 0 Å². The topological polar surface area (TPSA) is 66.8 Å². The highest BCUT2D eigenvalue weighted by atomic mass is 79.9. The van der Waals surface area contributed by atoms with Gasteiger partial charge in [0.2, 0.25) is 5.91 Å². The van der Waals surface area contributed by atoms with Crippen LogP contribution in [-0.4, -0.2) is 41.6 Å². The van der Waals surface area contributed by atoms with Crippen LogP contribution < -0.4 is 4.74 Å². The number of rotatable bonds is 5. The van der Waals surface area contributed by atoms with E-state index >= 15 is 0 Å². The second-order valence-electron chi connectivity index (χ2n) is 5.19. The molecule has 7 heteroatoms. The number of hydrogen-bond donors (Lipinski definition) is 1. The van der Waals surface area contributed by atoms with E-state index in [0.717, 1.165) is 10.9 Å². The average Bonchev–Trinajstić information content (AvgIpc) is 2.49. The van der Waals surface area contributed by atoms with Crippen molar-refractivity contribution in [3.8, 4) is 5.75 Å². The molecule has 0 saturated carbocycles. The summed E-state index contributed by atoms with van der Waals surface area (Å²) in [6.07, 6.45) is 1.58. The Labute approximate surface area is 142 Å². The SMILES string of the molecule is O=C(O)C1CCCN(C(=O)CCOc2ccc(Cl)cc2Br)C1. The van der Waals surface area contributed by atoms with Gasteiger partial charge in [-0.15, -0.1) is 0 Å². The summed E-state index contributed by atoms with van der Waals surface area (Å²) in [5, 5.41) is 9.64. The third-order valence-electron chi connectivity index (χ3n) is 3.59. The fourth-order valence-corrected chi connectivity index (χ4v) is 3.20. The number of benzene rings is 1. The molecule has 1 atom stereocenters. The molecule has 1 N–H and O–H groups in total. The lowest BCUT2D eigenvalue weighted by Crippen LogP contribution is -2.42. The molecule has 0 aromatic heterocycles. The smallest absolute Gasteiger partial charge is 0.308 e. The molecule has 1 amide bonds. The summed E-state index contributed by atoms with van der Waals surface area (Å²) in [5.41, 5.74) is 0. The third kappa shape index (κ3) is 4.61. The minimum atomic E-state index is -0.834. The molecule has 0 aliphatic carbocycles. The molecule has 0 spiro atoms. The number of ether oxygens (including phenoxy) is 1. The van der Waals surface area contributed by atoms with E-state index in [4.69, 9.17) is 21.4 Å². The van der Waals surface area contributed by atoms with Crippen molar-refractivity contribution in [3.63, 3.8) is 0 Å². The second kappa shape index (κ2) is 7.83. The Morgan fingerprint density at radius 2 is 2.23 bits per heavy atom. The van der Waals surface area contributed by atoms with E-state index < -0.39 is 11.9 Å². The Balaban J connectivity index is 1.81. The second-order valence-corrected chi connectivity index (χ2v) is 6.48. The molecule has 1 fully saturated rings. The van der Waals surface area contributed by atoms with Crippen molar-refractivity contribution in [2.75, 3.05) is 19.7 Å². The van der Waals surface area contributed by atoms with Crippen molar-refractivity contribution < 1.29 is 19.4 Å². The van der Waals surface area contributed by atoms with Crippen LogP contribution in [-0.2, 0) is 9.59 Å². The maximum atomic E-state index is 12.1. The monoisotopic (exact) mass is 389 g/mol. The molecule has 1 aliphatic rings. The summed E-state index contributed by atoms with van der Waals surface area (Å²) in [6.45, 7) is 1.15. The minimum absolute atomic E-state index is 0.0731. The van der Waals surface area contributed by atoms with E-state index in [9.17, 15) is 9.59 Å². The number of piperidine rings is 1. The summed E-state index contributed by atoms with van der Waals surface area (Å²) in [5.74, 6) is -0.738. The first kappa shape index (κ1) is 17.1. The number of carboxylic acid groups (broad SMARTS) is 1. The van der Waals surface area contributed by atoms with Crippen molar-refractivity contribution in [1.82, 2.24) is 4.90 Å². The number of carbonyl (C=O) groups is 2. The van der Waals surface area contributed by atoms with E-state index in [1.165, 1.54) is 0 Å². The molecule has 120 valence electrons. The largest absolute Gasteiger partial charge is 0.492 e. The predicted molar refractivity (Wildman–Crippen MR) is 86.2 cm³/mol. The maximum absolute atomic E-state index is 12.1. The zero-order chi connectivity index (χ0) is 16.1. The van der Waals surface area contributed by atoms with Crippen molar-refractivity contribution in [2.24, 2.45) is 5.92 Å². The van der Waals surface area contributed by atoms with Crippen LogP contribution in [0.2, 0.25) is 5.02 Å². The van der Waals surface area contributed by atoms with Gasteiger partial charge in [0.15, 0.2) is 0 Å².